The highest BCUT2D eigenvalue weighted by molar-refractivity contribution is 7.18. The number of hydrogen-bond acceptors (Lipinski definition) is 4. The topological polar surface area (TPSA) is 37.8 Å². The van der Waals surface area contributed by atoms with Gasteiger partial charge in [-0.15, -0.1) is 0 Å². The number of nitrogens with one attached hydrogen (secondary N) is 1. The molecule has 3 aromatic rings. The summed E-state index contributed by atoms with van der Waals surface area (Å²) in [7, 11) is 0. The third kappa shape index (κ3) is 2.83. The Balaban J connectivity index is 1.82. The van der Waals surface area contributed by atoms with Crippen LogP contribution in [-0.2, 0) is 0 Å². The molecule has 1 N–H and O–H groups in total. The molecular weight excluding hydrogens is 273 g/mol. The van der Waals surface area contributed by atoms with Gasteiger partial charge in [-0.1, -0.05) is 23.5 Å². The van der Waals surface area contributed by atoms with Crippen molar-refractivity contribution in [2.45, 2.75) is 6.92 Å². The predicted molar refractivity (Wildman–Crippen MR) is 79.8 cm³/mol. The van der Waals surface area contributed by atoms with Gasteiger partial charge in [0.25, 0.3) is 0 Å². The SMILES string of the molecule is Cc1ccnc(Nc2ncc(-c3ccc(F)cc3)s2)c1. The van der Waals surface area contributed by atoms with Gasteiger partial charge in [0.05, 0.1) is 4.88 Å². The van der Waals surface area contributed by atoms with E-state index in [4.69, 9.17) is 0 Å². The van der Waals surface area contributed by atoms with Crippen LogP contribution in [-0.4, -0.2) is 9.97 Å². The van der Waals surface area contributed by atoms with Gasteiger partial charge in [0.15, 0.2) is 5.13 Å². The normalized spacial score (nSPS) is 10.5. The standard InChI is InChI=1S/C15H12FN3S/c1-10-6-7-17-14(8-10)19-15-18-9-13(20-15)11-2-4-12(16)5-3-11/h2-9H,1H3,(H,17,18,19). The van der Waals surface area contributed by atoms with Crippen LogP contribution in [0.5, 0.6) is 0 Å². The van der Waals surface area contributed by atoms with E-state index in [9.17, 15) is 4.39 Å². The smallest absolute Gasteiger partial charge is 0.188 e. The summed E-state index contributed by atoms with van der Waals surface area (Å²) in [6.07, 6.45) is 3.53. The maximum Gasteiger partial charge on any atom is 0.188 e. The Kier molecular flexibility index (Phi) is 3.43. The number of benzene rings is 1. The zero-order valence-corrected chi connectivity index (χ0v) is 11.6. The van der Waals surface area contributed by atoms with Gasteiger partial charge in [0.1, 0.15) is 11.6 Å². The van der Waals surface area contributed by atoms with Crippen LogP contribution in [0, 0.1) is 12.7 Å². The number of aromatic nitrogens is 2. The summed E-state index contributed by atoms with van der Waals surface area (Å²) >= 11 is 1.51. The van der Waals surface area contributed by atoms with E-state index in [2.05, 4.69) is 15.3 Å². The Morgan fingerprint density at radius 3 is 2.65 bits per heavy atom. The van der Waals surface area contributed by atoms with E-state index in [0.29, 0.717) is 0 Å². The first kappa shape index (κ1) is 12.7. The van der Waals surface area contributed by atoms with Crippen LogP contribution in [0.1, 0.15) is 5.56 Å². The van der Waals surface area contributed by atoms with Crippen LogP contribution in [0.3, 0.4) is 0 Å². The second-order valence-corrected chi connectivity index (χ2v) is 5.41. The fourth-order valence-corrected chi connectivity index (χ4v) is 2.62. The molecule has 0 bridgehead atoms. The molecule has 3 nitrogen and oxygen atoms in total. The Labute approximate surface area is 120 Å². The average Bonchev–Trinajstić information content (AvgIpc) is 2.88. The third-order valence-corrected chi connectivity index (χ3v) is 3.75. The van der Waals surface area contributed by atoms with Crippen molar-refractivity contribution in [1.82, 2.24) is 9.97 Å². The molecule has 0 saturated heterocycles. The fourth-order valence-electron chi connectivity index (χ4n) is 1.79. The Morgan fingerprint density at radius 2 is 1.90 bits per heavy atom. The van der Waals surface area contributed by atoms with E-state index in [0.717, 1.165) is 27.0 Å². The van der Waals surface area contributed by atoms with Crippen molar-refractivity contribution in [1.29, 1.82) is 0 Å². The first-order chi connectivity index (χ1) is 9.70. The Bertz CT molecular complexity index is 722. The van der Waals surface area contributed by atoms with Gasteiger partial charge in [-0.2, -0.15) is 0 Å². The van der Waals surface area contributed by atoms with Crippen LogP contribution in [0.2, 0.25) is 0 Å². The number of nitrogens with zero attached hydrogens (tertiary/aromatic N) is 2. The highest BCUT2D eigenvalue weighted by Gasteiger charge is 2.05. The van der Waals surface area contributed by atoms with Gasteiger partial charge in [-0.25, -0.2) is 14.4 Å². The van der Waals surface area contributed by atoms with Crippen molar-refractivity contribution in [3.8, 4) is 10.4 Å². The molecular formula is C15H12FN3S. The average molecular weight is 285 g/mol. The highest BCUT2D eigenvalue weighted by Crippen LogP contribution is 2.30. The molecule has 0 atom stereocenters. The van der Waals surface area contributed by atoms with Crippen LogP contribution in [0.4, 0.5) is 15.3 Å². The first-order valence-electron chi connectivity index (χ1n) is 6.12. The quantitative estimate of drug-likeness (QED) is 0.775. The minimum Gasteiger partial charge on any atom is -0.316 e. The van der Waals surface area contributed by atoms with Gasteiger partial charge in [0.2, 0.25) is 0 Å². The summed E-state index contributed by atoms with van der Waals surface area (Å²) in [5.41, 5.74) is 2.09. The number of halogens is 1. The Morgan fingerprint density at radius 1 is 1.10 bits per heavy atom. The lowest BCUT2D eigenvalue weighted by atomic mass is 10.2. The van der Waals surface area contributed by atoms with Gasteiger partial charge < -0.3 is 5.32 Å². The highest BCUT2D eigenvalue weighted by atomic mass is 32.1. The minimum absolute atomic E-state index is 0.236. The first-order valence-corrected chi connectivity index (χ1v) is 6.94. The lowest BCUT2D eigenvalue weighted by Crippen LogP contribution is -1.92. The fraction of sp³-hybridized carbons (Fsp3) is 0.0667. The van der Waals surface area contributed by atoms with Crippen LogP contribution >= 0.6 is 11.3 Å². The van der Waals surface area contributed by atoms with Crippen molar-refractivity contribution in [3.63, 3.8) is 0 Å². The molecule has 0 radical (unpaired) electrons. The van der Waals surface area contributed by atoms with Gasteiger partial charge in [0, 0.05) is 12.4 Å². The molecule has 0 unspecified atom stereocenters. The molecule has 0 saturated carbocycles. The molecule has 2 aromatic heterocycles. The second-order valence-electron chi connectivity index (χ2n) is 4.38. The summed E-state index contributed by atoms with van der Waals surface area (Å²) < 4.78 is 12.9. The summed E-state index contributed by atoms with van der Waals surface area (Å²) in [4.78, 5) is 9.53. The zero-order chi connectivity index (χ0) is 13.9. The summed E-state index contributed by atoms with van der Waals surface area (Å²) in [6.45, 7) is 2.01. The molecule has 100 valence electrons. The number of hydrogen-bond donors (Lipinski definition) is 1. The molecule has 0 aliphatic carbocycles. The van der Waals surface area contributed by atoms with E-state index < -0.39 is 0 Å². The molecule has 0 fully saturated rings. The second kappa shape index (κ2) is 5.38. The molecule has 5 heteroatoms. The van der Waals surface area contributed by atoms with Crippen LogP contribution < -0.4 is 5.32 Å². The van der Waals surface area contributed by atoms with Crippen LogP contribution in [0.25, 0.3) is 10.4 Å². The van der Waals surface area contributed by atoms with E-state index in [1.807, 2.05) is 19.1 Å². The molecule has 0 spiro atoms. The van der Waals surface area contributed by atoms with Crippen molar-refractivity contribution >= 4 is 22.3 Å². The summed E-state index contributed by atoms with van der Waals surface area (Å²) in [5, 5.41) is 3.93. The van der Waals surface area contributed by atoms with E-state index in [-0.39, 0.29) is 5.82 Å². The number of anilines is 2. The van der Waals surface area contributed by atoms with Gasteiger partial charge in [-0.05, 0) is 42.3 Å². The predicted octanol–water partition coefficient (Wildman–Crippen LogP) is 4.40. The summed E-state index contributed by atoms with van der Waals surface area (Å²) in [6, 6.07) is 10.3. The Hall–Kier alpha value is -2.27. The molecule has 1 aromatic carbocycles. The van der Waals surface area contributed by atoms with Crippen molar-refractivity contribution < 1.29 is 4.39 Å². The number of pyridine rings is 1. The van der Waals surface area contributed by atoms with Crippen molar-refractivity contribution in [2.24, 2.45) is 0 Å². The molecule has 0 amide bonds. The van der Waals surface area contributed by atoms with Crippen molar-refractivity contribution in [2.75, 3.05) is 5.32 Å². The number of rotatable bonds is 3. The van der Waals surface area contributed by atoms with E-state index >= 15 is 0 Å². The molecule has 0 aliphatic heterocycles. The molecule has 0 aliphatic rings. The van der Waals surface area contributed by atoms with Gasteiger partial charge in [-0.3, -0.25) is 0 Å². The van der Waals surface area contributed by atoms with E-state index in [1.165, 1.54) is 23.5 Å². The lowest BCUT2D eigenvalue weighted by Gasteiger charge is -2.01. The van der Waals surface area contributed by atoms with E-state index in [1.54, 1.807) is 24.5 Å². The van der Waals surface area contributed by atoms with Crippen LogP contribution in [0.15, 0.2) is 48.8 Å². The van der Waals surface area contributed by atoms with Gasteiger partial charge >= 0.3 is 0 Å². The maximum atomic E-state index is 12.9. The molecule has 20 heavy (non-hydrogen) atoms. The maximum absolute atomic E-state index is 12.9. The van der Waals surface area contributed by atoms with Crippen molar-refractivity contribution in [3.05, 3.63) is 60.2 Å². The zero-order valence-electron chi connectivity index (χ0n) is 10.8. The largest absolute Gasteiger partial charge is 0.316 e. The monoisotopic (exact) mass is 285 g/mol. The third-order valence-electron chi connectivity index (χ3n) is 2.78. The summed E-state index contributed by atoms with van der Waals surface area (Å²) in [5.74, 6) is 0.533. The lowest BCUT2D eigenvalue weighted by molar-refractivity contribution is 0.628. The number of aryl methyl sites for hydroxylation is 1. The molecule has 2 heterocycles. The minimum atomic E-state index is -0.236. The number of thiazole rings is 1. The molecule has 3 rings (SSSR count).